The van der Waals surface area contributed by atoms with E-state index in [-0.39, 0.29) is 19.3 Å². The van der Waals surface area contributed by atoms with E-state index < -0.39 is 0 Å². The van der Waals surface area contributed by atoms with Crippen LogP contribution in [0.2, 0.25) is 0 Å². The van der Waals surface area contributed by atoms with Crippen molar-refractivity contribution in [3.05, 3.63) is 59.7 Å². The summed E-state index contributed by atoms with van der Waals surface area (Å²) in [6, 6.07) is 13.4. The molecular weight excluding hydrogens is 356 g/mol. The zero-order valence-electron chi connectivity index (χ0n) is 16.3. The molecule has 0 unspecified atom stereocenters. The number of hydrogen-bond donors (Lipinski definition) is 1. The molecule has 0 aliphatic carbocycles. The number of hydrogen-bond acceptors (Lipinski definition) is 5. The van der Waals surface area contributed by atoms with Crippen LogP contribution in [0.3, 0.4) is 0 Å². The first-order valence-corrected chi connectivity index (χ1v) is 9.15. The Balaban J connectivity index is 1.46. The molecule has 0 spiro atoms. The summed E-state index contributed by atoms with van der Waals surface area (Å²) in [5.41, 5.74) is 5.33. The smallest absolute Gasteiger partial charge is 0.277 e. The molecule has 6 heteroatoms. The van der Waals surface area contributed by atoms with Crippen LogP contribution in [0.5, 0.6) is 17.2 Å². The van der Waals surface area contributed by atoms with Crippen LogP contribution >= 0.6 is 0 Å². The van der Waals surface area contributed by atoms with Gasteiger partial charge in [-0.3, -0.25) is 4.79 Å². The molecule has 1 heterocycles. The molecule has 0 radical (unpaired) electrons. The molecule has 3 rings (SSSR count). The zero-order chi connectivity index (χ0) is 19.9. The summed E-state index contributed by atoms with van der Waals surface area (Å²) in [5, 5.41) is 4.06. The topological polar surface area (TPSA) is 69.2 Å². The predicted molar refractivity (Wildman–Crippen MR) is 109 cm³/mol. The molecule has 0 saturated heterocycles. The Morgan fingerprint density at radius 3 is 2.68 bits per heavy atom. The summed E-state index contributed by atoms with van der Waals surface area (Å²) in [6.45, 7) is 6.22. The molecule has 1 aliphatic rings. The molecule has 0 fully saturated rings. The Labute approximate surface area is 164 Å². The van der Waals surface area contributed by atoms with E-state index in [9.17, 15) is 4.79 Å². The third-order valence-corrected chi connectivity index (χ3v) is 4.19. The normalized spacial score (nSPS) is 13.2. The SMILES string of the molecule is CC(/C=C/c1ccc2c(c1)OCO2)=N\NC(=O)COc1ccc(C(C)C)cc1. The van der Waals surface area contributed by atoms with E-state index >= 15 is 0 Å². The largest absolute Gasteiger partial charge is 0.484 e. The molecule has 0 saturated carbocycles. The second kappa shape index (κ2) is 9.08. The molecule has 2 aromatic rings. The number of allylic oxidation sites excluding steroid dienone is 1. The van der Waals surface area contributed by atoms with E-state index in [0.717, 1.165) is 17.1 Å². The van der Waals surface area contributed by atoms with Crippen molar-refractivity contribution in [1.29, 1.82) is 0 Å². The summed E-state index contributed by atoms with van der Waals surface area (Å²) >= 11 is 0. The monoisotopic (exact) mass is 380 g/mol. The van der Waals surface area contributed by atoms with E-state index in [2.05, 4.69) is 24.4 Å². The van der Waals surface area contributed by atoms with Gasteiger partial charge in [0, 0.05) is 0 Å². The van der Waals surface area contributed by atoms with Gasteiger partial charge in [-0.05, 0) is 54.3 Å². The van der Waals surface area contributed by atoms with E-state index in [1.165, 1.54) is 5.56 Å². The maximum atomic E-state index is 11.9. The van der Waals surface area contributed by atoms with Gasteiger partial charge in [-0.15, -0.1) is 0 Å². The summed E-state index contributed by atoms with van der Waals surface area (Å²) in [4.78, 5) is 11.9. The highest BCUT2D eigenvalue weighted by Crippen LogP contribution is 2.32. The Bertz CT molecular complexity index is 886. The fraction of sp³-hybridized carbons (Fsp3) is 0.273. The number of rotatable bonds is 7. The van der Waals surface area contributed by atoms with Crippen LogP contribution in [0.4, 0.5) is 0 Å². The lowest BCUT2D eigenvalue weighted by molar-refractivity contribution is -0.123. The fourth-order valence-corrected chi connectivity index (χ4v) is 2.55. The van der Waals surface area contributed by atoms with E-state index in [4.69, 9.17) is 14.2 Å². The van der Waals surface area contributed by atoms with Gasteiger partial charge in [0.25, 0.3) is 5.91 Å². The third-order valence-electron chi connectivity index (χ3n) is 4.19. The minimum absolute atomic E-state index is 0.0936. The molecule has 1 amide bonds. The molecule has 0 bridgehead atoms. The summed E-state index contributed by atoms with van der Waals surface area (Å²) < 4.78 is 16.1. The van der Waals surface area contributed by atoms with Crippen molar-refractivity contribution in [3.8, 4) is 17.2 Å². The van der Waals surface area contributed by atoms with Crippen molar-refractivity contribution in [2.24, 2.45) is 5.10 Å². The number of benzene rings is 2. The summed E-state index contributed by atoms with van der Waals surface area (Å²) in [7, 11) is 0. The van der Waals surface area contributed by atoms with Crippen molar-refractivity contribution >= 4 is 17.7 Å². The molecule has 0 atom stereocenters. The van der Waals surface area contributed by atoms with Gasteiger partial charge in [0.1, 0.15) is 5.75 Å². The third kappa shape index (κ3) is 5.36. The Hall–Kier alpha value is -3.28. The van der Waals surface area contributed by atoms with Crippen molar-refractivity contribution in [3.63, 3.8) is 0 Å². The second-order valence-electron chi connectivity index (χ2n) is 6.75. The van der Waals surface area contributed by atoms with Gasteiger partial charge in [-0.25, -0.2) is 5.43 Å². The molecule has 2 aromatic carbocycles. The van der Waals surface area contributed by atoms with E-state index in [0.29, 0.717) is 17.4 Å². The number of carbonyl (C=O) groups is 1. The quantitative estimate of drug-likeness (QED) is 0.579. The lowest BCUT2D eigenvalue weighted by Crippen LogP contribution is -2.25. The molecule has 1 aliphatic heterocycles. The van der Waals surface area contributed by atoms with Crippen LogP contribution in [-0.4, -0.2) is 25.0 Å². The average Bonchev–Trinajstić information content (AvgIpc) is 3.17. The first kappa shape index (κ1) is 19.5. The Kier molecular flexibility index (Phi) is 6.32. The van der Waals surface area contributed by atoms with E-state index in [1.807, 2.05) is 54.6 Å². The van der Waals surface area contributed by atoms with Gasteiger partial charge in [0.2, 0.25) is 6.79 Å². The van der Waals surface area contributed by atoms with Gasteiger partial charge in [0.05, 0.1) is 5.71 Å². The lowest BCUT2D eigenvalue weighted by atomic mass is 10.0. The van der Waals surface area contributed by atoms with Crippen molar-refractivity contribution in [2.45, 2.75) is 26.7 Å². The predicted octanol–water partition coefficient (Wildman–Crippen LogP) is 4.12. The molecule has 28 heavy (non-hydrogen) atoms. The fourth-order valence-electron chi connectivity index (χ4n) is 2.55. The highest BCUT2D eigenvalue weighted by molar-refractivity contribution is 5.97. The van der Waals surface area contributed by atoms with Crippen LogP contribution in [0, 0.1) is 0 Å². The number of nitrogens with zero attached hydrogens (tertiary/aromatic N) is 1. The summed E-state index contributed by atoms with van der Waals surface area (Å²) in [6.07, 6.45) is 3.70. The molecule has 1 N–H and O–H groups in total. The minimum atomic E-state index is -0.316. The van der Waals surface area contributed by atoms with Gasteiger partial charge in [-0.2, -0.15) is 5.10 Å². The highest BCUT2D eigenvalue weighted by atomic mass is 16.7. The first-order valence-electron chi connectivity index (χ1n) is 9.15. The van der Waals surface area contributed by atoms with Gasteiger partial charge >= 0.3 is 0 Å². The standard InChI is InChI=1S/C22H24N2O4/c1-15(2)18-7-9-19(10-8-18)26-13-22(25)24-23-16(3)4-5-17-6-11-20-21(12-17)28-14-27-20/h4-12,15H,13-14H2,1-3H3,(H,24,25)/b5-4+,23-16+. The van der Waals surface area contributed by atoms with Crippen LogP contribution < -0.4 is 19.6 Å². The number of amides is 1. The van der Waals surface area contributed by atoms with Crippen LogP contribution in [0.1, 0.15) is 37.8 Å². The summed E-state index contributed by atoms with van der Waals surface area (Å²) in [5.74, 6) is 2.27. The first-order chi connectivity index (χ1) is 13.5. The van der Waals surface area contributed by atoms with Gasteiger partial charge < -0.3 is 14.2 Å². The van der Waals surface area contributed by atoms with Crippen molar-refractivity contribution in [2.75, 3.05) is 13.4 Å². The number of hydrazone groups is 1. The maximum Gasteiger partial charge on any atom is 0.277 e. The maximum absolute atomic E-state index is 11.9. The molecule has 146 valence electrons. The number of nitrogens with one attached hydrogen (secondary N) is 1. The minimum Gasteiger partial charge on any atom is -0.484 e. The van der Waals surface area contributed by atoms with Crippen LogP contribution in [0.15, 0.2) is 53.6 Å². The van der Waals surface area contributed by atoms with Gasteiger partial charge in [0.15, 0.2) is 18.1 Å². The zero-order valence-corrected chi connectivity index (χ0v) is 16.3. The molecule has 6 nitrogen and oxygen atoms in total. The highest BCUT2D eigenvalue weighted by Gasteiger charge is 2.12. The lowest BCUT2D eigenvalue weighted by Gasteiger charge is -2.08. The van der Waals surface area contributed by atoms with Crippen molar-refractivity contribution in [1.82, 2.24) is 5.43 Å². The Morgan fingerprint density at radius 2 is 1.93 bits per heavy atom. The number of ether oxygens (including phenoxy) is 3. The van der Waals surface area contributed by atoms with Crippen LogP contribution in [-0.2, 0) is 4.79 Å². The molecular formula is C22H24N2O4. The van der Waals surface area contributed by atoms with E-state index in [1.54, 1.807) is 6.92 Å². The van der Waals surface area contributed by atoms with Gasteiger partial charge in [-0.1, -0.05) is 38.1 Å². The number of fused-ring (bicyclic) bond motifs is 1. The second-order valence-corrected chi connectivity index (χ2v) is 6.75. The number of carbonyl (C=O) groups excluding carboxylic acids is 1. The van der Waals surface area contributed by atoms with Crippen molar-refractivity contribution < 1.29 is 19.0 Å². The molecule has 0 aromatic heterocycles. The Morgan fingerprint density at radius 1 is 1.18 bits per heavy atom. The van der Waals surface area contributed by atoms with Crippen LogP contribution in [0.25, 0.3) is 6.08 Å². The average molecular weight is 380 g/mol.